The molecule has 1 rings (SSSR count). The molecule has 1 aliphatic carbocycles. The lowest BCUT2D eigenvalue weighted by Gasteiger charge is -2.48. The van der Waals surface area contributed by atoms with Crippen molar-refractivity contribution in [1.82, 2.24) is 0 Å². The Kier molecular flexibility index (Phi) is 15.2. The van der Waals surface area contributed by atoms with Crippen LogP contribution in [-0.2, 0) is 4.43 Å². The standard InChI is InChI=1S/C33H64O2PSi/c1-11-17-23-36(24-18-12-2,25-19-13-3)26-21-29(7)20-22-33(34)30(8)27-31(28-32(33,9)10)35-37(14-4,15-5)16-6/h20-22,27,31,34H,11-19,23-26,28H2,1-10H3/q+1/b22-20+,29-21+/t31-,33-/m1/s1. The minimum atomic E-state index is -1.69. The lowest BCUT2D eigenvalue weighted by molar-refractivity contribution is -0.0267. The first-order valence-electron chi connectivity index (χ1n) is 15.7. The highest BCUT2D eigenvalue weighted by molar-refractivity contribution is 7.76. The number of allylic oxidation sites excluding steroid dienone is 3. The van der Waals surface area contributed by atoms with Crippen molar-refractivity contribution in [3.05, 3.63) is 35.5 Å². The first-order chi connectivity index (χ1) is 17.4. The second-order valence-electron chi connectivity index (χ2n) is 12.6. The second kappa shape index (κ2) is 16.1. The molecule has 37 heavy (non-hydrogen) atoms. The third-order valence-corrected chi connectivity index (χ3v) is 18.9. The fraction of sp³-hybridized carbons (Fsp3) is 0.818. The van der Waals surface area contributed by atoms with E-state index >= 15 is 0 Å². The van der Waals surface area contributed by atoms with Gasteiger partial charge in [-0.1, -0.05) is 92.4 Å². The predicted molar refractivity (Wildman–Crippen MR) is 173 cm³/mol. The third-order valence-electron chi connectivity index (χ3n) is 9.46. The van der Waals surface area contributed by atoms with Gasteiger partial charge in [-0.25, -0.2) is 0 Å². The fourth-order valence-corrected chi connectivity index (χ4v) is 13.8. The van der Waals surface area contributed by atoms with Crippen LogP contribution in [-0.4, -0.2) is 49.8 Å². The average molecular weight is 552 g/mol. The molecule has 0 saturated carbocycles. The van der Waals surface area contributed by atoms with Crippen molar-refractivity contribution < 1.29 is 9.53 Å². The smallest absolute Gasteiger partial charge is 0.192 e. The Morgan fingerprint density at radius 3 is 1.86 bits per heavy atom. The largest absolute Gasteiger partial charge is 0.411 e. The summed E-state index contributed by atoms with van der Waals surface area (Å²) < 4.78 is 6.84. The van der Waals surface area contributed by atoms with E-state index in [9.17, 15) is 5.11 Å². The van der Waals surface area contributed by atoms with E-state index in [0.717, 1.165) is 30.1 Å². The van der Waals surface area contributed by atoms with Crippen LogP contribution in [0.1, 0.15) is 114 Å². The van der Waals surface area contributed by atoms with Crippen LogP contribution in [0, 0.1) is 5.41 Å². The van der Waals surface area contributed by atoms with Crippen LogP contribution in [0.15, 0.2) is 35.5 Å². The van der Waals surface area contributed by atoms with Gasteiger partial charge in [-0.15, -0.1) is 0 Å². The zero-order chi connectivity index (χ0) is 28.2. The molecular formula is C33H64O2PSi+. The van der Waals surface area contributed by atoms with Crippen LogP contribution in [0.4, 0.5) is 0 Å². The Labute approximate surface area is 234 Å². The van der Waals surface area contributed by atoms with Gasteiger partial charge in [0.25, 0.3) is 0 Å². The van der Waals surface area contributed by atoms with Crippen LogP contribution in [0.25, 0.3) is 0 Å². The molecule has 216 valence electrons. The normalized spacial score (nSPS) is 23.1. The molecule has 0 fully saturated rings. The topological polar surface area (TPSA) is 29.5 Å². The van der Waals surface area contributed by atoms with Crippen LogP contribution in [0.3, 0.4) is 0 Å². The predicted octanol–water partition coefficient (Wildman–Crippen LogP) is 10.4. The average Bonchev–Trinajstić information content (AvgIpc) is 2.88. The summed E-state index contributed by atoms with van der Waals surface area (Å²) in [6, 6.07) is 3.49. The molecule has 0 saturated heterocycles. The number of hydrogen-bond donors (Lipinski definition) is 1. The quantitative estimate of drug-likeness (QED) is 0.0794. The Bertz CT molecular complexity index is 719. The lowest BCUT2D eigenvalue weighted by atomic mass is 9.64. The fourth-order valence-electron chi connectivity index (χ4n) is 6.16. The number of hydrogen-bond acceptors (Lipinski definition) is 2. The molecule has 1 N–H and O–H groups in total. The Hall–Kier alpha value is -0.213. The zero-order valence-corrected chi connectivity index (χ0v) is 28.5. The first kappa shape index (κ1) is 34.8. The monoisotopic (exact) mass is 551 g/mol. The maximum absolute atomic E-state index is 12.0. The summed E-state index contributed by atoms with van der Waals surface area (Å²) in [7, 11) is -2.63. The highest BCUT2D eigenvalue weighted by Gasteiger charge is 2.48. The summed E-state index contributed by atoms with van der Waals surface area (Å²) in [6.45, 7) is 22.7. The van der Waals surface area contributed by atoms with Gasteiger partial charge in [0.2, 0.25) is 0 Å². The van der Waals surface area contributed by atoms with Crippen LogP contribution in [0.5, 0.6) is 0 Å². The van der Waals surface area contributed by atoms with E-state index in [1.165, 1.54) is 68.7 Å². The molecule has 2 atom stereocenters. The molecule has 0 heterocycles. The molecule has 0 bridgehead atoms. The zero-order valence-electron chi connectivity index (χ0n) is 26.6. The number of aliphatic hydroxyl groups is 1. The molecular weight excluding hydrogens is 487 g/mol. The molecule has 0 amide bonds. The lowest BCUT2D eigenvalue weighted by Crippen LogP contribution is -2.51. The number of unbranched alkanes of at least 4 members (excludes halogenated alkanes) is 3. The molecule has 0 aromatic heterocycles. The Balaban J connectivity index is 3.15. The summed E-state index contributed by atoms with van der Waals surface area (Å²) >= 11 is 0. The van der Waals surface area contributed by atoms with Gasteiger partial charge >= 0.3 is 0 Å². The minimum absolute atomic E-state index is 0.118. The van der Waals surface area contributed by atoms with Gasteiger partial charge < -0.3 is 9.53 Å². The van der Waals surface area contributed by atoms with Gasteiger partial charge in [0.05, 0.1) is 30.8 Å². The minimum Gasteiger partial charge on any atom is -0.411 e. The van der Waals surface area contributed by atoms with Gasteiger partial charge in [-0.3, -0.25) is 0 Å². The maximum Gasteiger partial charge on any atom is 0.192 e. The molecule has 1 aliphatic rings. The van der Waals surface area contributed by atoms with Gasteiger partial charge in [0.15, 0.2) is 8.32 Å². The van der Waals surface area contributed by atoms with Gasteiger partial charge in [0, 0.05) is 12.7 Å². The molecule has 0 aromatic rings. The molecule has 0 unspecified atom stereocenters. The highest BCUT2D eigenvalue weighted by atomic mass is 31.2. The summed E-state index contributed by atoms with van der Waals surface area (Å²) in [6.07, 6.45) is 23.7. The summed E-state index contributed by atoms with van der Waals surface area (Å²) in [5, 5.41) is 12.0. The summed E-state index contributed by atoms with van der Waals surface area (Å²) in [5.41, 5.74) is 1.14. The van der Waals surface area contributed by atoms with E-state index in [4.69, 9.17) is 4.43 Å². The third kappa shape index (κ3) is 9.73. The van der Waals surface area contributed by atoms with Gasteiger partial charge in [-0.2, -0.15) is 0 Å². The van der Waals surface area contributed by atoms with E-state index in [1.54, 1.807) is 0 Å². The van der Waals surface area contributed by atoms with Crippen LogP contribution >= 0.6 is 7.26 Å². The van der Waals surface area contributed by atoms with E-state index < -0.39 is 21.2 Å². The van der Waals surface area contributed by atoms with E-state index in [2.05, 4.69) is 93.5 Å². The first-order valence-corrected chi connectivity index (χ1v) is 20.8. The molecule has 0 spiro atoms. The molecule has 0 aromatic carbocycles. The van der Waals surface area contributed by atoms with Crippen molar-refractivity contribution >= 4 is 15.6 Å². The van der Waals surface area contributed by atoms with E-state index in [0.29, 0.717) is 0 Å². The maximum atomic E-state index is 12.0. The van der Waals surface area contributed by atoms with Crippen molar-refractivity contribution in [2.75, 3.05) is 24.6 Å². The summed E-state index contributed by atoms with van der Waals surface area (Å²) in [4.78, 5) is 0. The van der Waals surface area contributed by atoms with Crippen LogP contribution < -0.4 is 0 Å². The Morgan fingerprint density at radius 2 is 1.46 bits per heavy atom. The van der Waals surface area contributed by atoms with Crippen molar-refractivity contribution in [3.8, 4) is 0 Å². The molecule has 0 radical (unpaired) electrons. The van der Waals surface area contributed by atoms with E-state index in [-0.39, 0.29) is 11.5 Å². The summed E-state index contributed by atoms with van der Waals surface area (Å²) in [5.74, 6) is 0. The SMILES string of the molecule is CCCC[P+](C/C=C(C)/C=C/[C@@]1(O)C(C)=C[C@@H](O[Si](CC)(CC)CC)CC1(C)C)(CCCC)CCCC. The van der Waals surface area contributed by atoms with E-state index in [1.807, 2.05) is 0 Å². The second-order valence-corrected chi connectivity index (χ2v) is 21.8. The molecule has 0 aliphatic heterocycles. The Morgan fingerprint density at radius 1 is 0.973 bits per heavy atom. The highest BCUT2D eigenvalue weighted by Crippen LogP contribution is 2.61. The number of rotatable bonds is 18. The van der Waals surface area contributed by atoms with Crippen LogP contribution in [0.2, 0.25) is 18.1 Å². The van der Waals surface area contributed by atoms with Gasteiger partial charge in [0.1, 0.15) is 5.60 Å². The van der Waals surface area contributed by atoms with Crippen molar-refractivity contribution in [3.63, 3.8) is 0 Å². The van der Waals surface area contributed by atoms with Crippen molar-refractivity contribution in [2.45, 2.75) is 144 Å². The van der Waals surface area contributed by atoms with Crippen molar-refractivity contribution in [2.24, 2.45) is 5.41 Å². The van der Waals surface area contributed by atoms with Crippen molar-refractivity contribution in [1.29, 1.82) is 0 Å². The molecule has 4 heteroatoms. The van der Waals surface area contributed by atoms with Gasteiger partial charge in [-0.05, 0) is 75.4 Å². The molecule has 2 nitrogen and oxygen atoms in total.